The second-order valence-electron chi connectivity index (χ2n) is 8.18. The van der Waals surface area contributed by atoms with Crippen LogP contribution in [0.15, 0.2) is 73.2 Å². The summed E-state index contributed by atoms with van der Waals surface area (Å²) < 4.78 is 0. The fourth-order valence-corrected chi connectivity index (χ4v) is 4.18. The molecule has 4 heterocycles. The molecule has 1 aliphatic heterocycles. The molecule has 162 valence electrons. The molecule has 1 aromatic carbocycles. The van der Waals surface area contributed by atoms with Crippen LogP contribution in [-0.2, 0) is 0 Å². The van der Waals surface area contributed by atoms with Crippen LogP contribution in [-0.4, -0.2) is 63.6 Å². The molecule has 5 rings (SSSR count). The van der Waals surface area contributed by atoms with E-state index in [9.17, 15) is 0 Å². The molecule has 0 radical (unpaired) electrons. The third-order valence-corrected chi connectivity index (χ3v) is 5.78. The highest BCUT2D eigenvalue weighted by molar-refractivity contribution is 5.90. The number of para-hydroxylation sites is 1. The molecule has 0 spiro atoms. The molecule has 1 atom stereocenters. The lowest BCUT2D eigenvalue weighted by molar-refractivity contribution is 0.250. The summed E-state index contributed by atoms with van der Waals surface area (Å²) in [5.41, 5.74) is 1.85. The molecular weight excluding hydrogens is 398 g/mol. The van der Waals surface area contributed by atoms with Gasteiger partial charge in [-0.1, -0.05) is 18.2 Å². The van der Waals surface area contributed by atoms with Gasteiger partial charge >= 0.3 is 0 Å². The number of piperazine rings is 1. The molecule has 32 heavy (non-hydrogen) atoms. The molecule has 1 fully saturated rings. The monoisotopic (exact) mass is 425 g/mol. The van der Waals surface area contributed by atoms with Gasteiger partial charge in [0.2, 0.25) is 0 Å². The van der Waals surface area contributed by atoms with E-state index in [0.29, 0.717) is 5.82 Å². The summed E-state index contributed by atoms with van der Waals surface area (Å²) in [6.45, 7) is 7.20. The van der Waals surface area contributed by atoms with E-state index >= 15 is 0 Å². The Morgan fingerprint density at radius 1 is 0.906 bits per heavy atom. The van der Waals surface area contributed by atoms with Gasteiger partial charge in [0, 0.05) is 68.3 Å². The molecule has 7 nitrogen and oxygen atoms in total. The van der Waals surface area contributed by atoms with Crippen LogP contribution in [0.25, 0.3) is 22.3 Å². The maximum atomic E-state index is 4.86. The van der Waals surface area contributed by atoms with Crippen molar-refractivity contribution in [3.8, 4) is 11.4 Å². The van der Waals surface area contributed by atoms with Gasteiger partial charge < -0.3 is 10.2 Å². The maximum Gasteiger partial charge on any atom is 0.163 e. The van der Waals surface area contributed by atoms with Gasteiger partial charge in [0.25, 0.3) is 0 Å². The van der Waals surface area contributed by atoms with Crippen molar-refractivity contribution in [2.75, 3.05) is 42.9 Å². The number of nitrogens with zero attached hydrogens (tertiary/aromatic N) is 6. The van der Waals surface area contributed by atoms with Crippen LogP contribution in [0.4, 0.5) is 11.6 Å². The number of anilines is 2. The molecule has 0 aliphatic carbocycles. The minimum absolute atomic E-state index is 0.247. The van der Waals surface area contributed by atoms with Crippen molar-refractivity contribution in [3.63, 3.8) is 0 Å². The Bertz CT molecular complexity index is 1160. The largest absolute Gasteiger partial charge is 0.366 e. The molecule has 4 aromatic rings. The van der Waals surface area contributed by atoms with Crippen LogP contribution in [0.1, 0.15) is 6.92 Å². The van der Waals surface area contributed by atoms with Gasteiger partial charge in [0.15, 0.2) is 5.82 Å². The number of rotatable bonds is 6. The summed E-state index contributed by atoms with van der Waals surface area (Å²) in [4.78, 5) is 23.2. The van der Waals surface area contributed by atoms with E-state index in [1.807, 2.05) is 48.7 Å². The molecule has 7 heteroatoms. The quantitative estimate of drug-likeness (QED) is 0.505. The summed E-state index contributed by atoms with van der Waals surface area (Å²) in [6, 6.07) is 18.4. The number of hydrogen-bond donors (Lipinski definition) is 1. The Balaban J connectivity index is 1.28. The summed E-state index contributed by atoms with van der Waals surface area (Å²) in [6.07, 6.45) is 5.43. The van der Waals surface area contributed by atoms with E-state index in [-0.39, 0.29) is 6.04 Å². The van der Waals surface area contributed by atoms with Crippen molar-refractivity contribution < 1.29 is 0 Å². The minimum Gasteiger partial charge on any atom is -0.366 e. The van der Waals surface area contributed by atoms with Crippen molar-refractivity contribution in [1.29, 1.82) is 0 Å². The smallest absolute Gasteiger partial charge is 0.163 e. The van der Waals surface area contributed by atoms with Crippen LogP contribution < -0.4 is 10.2 Å². The van der Waals surface area contributed by atoms with Crippen LogP contribution in [0.3, 0.4) is 0 Å². The van der Waals surface area contributed by atoms with Crippen molar-refractivity contribution >= 4 is 22.5 Å². The summed E-state index contributed by atoms with van der Waals surface area (Å²) in [7, 11) is 0. The third-order valence-electron chi connectivity index (χ3n) is 5.78. The summed E-state index contributed by atoms with van der Waals surface area (Å²) in [5.74, 6) is 2.62. The molecule has 1 unspecified atom stereocenters. The maximum absolute atomic E-state index is 4.86. The normalized spacial score (nSPS) is 15.6. The highest BCUT2D eigenvalue weighted by atomic mass is 15.3. The van der Waals surface area contributed by atoms with Crippen LogP contribution in [0.5, 0.6) is 0 Å². The lowest BCUT2D eigenvalue weighted by Gasteiger charge is -2.36. The lowest BCUT2D eigenvalue weighted by Crippen LogP contribution is -2.49. The summed E-state index contributed by atoms with van der Waals surface area (Å²) >= 11 is 0. The van der Waals surface area contributed by atoms with Gasteiger partial charge in [-0.2, -0.15) is 0 Å². The standard InChI is InChI=1S/C25H27N7/c1-19(18-31-13-15-32(16-14-31)23-10-4-5-12-27-23)28-25-21-8-2-3-9-22(21)29-24(30-25)20-7-6-11-26-17-20/h2-12,17,19H,13-16,18H2,1H3,(H,28,29,30). The molecule has 0 amide bonds. The Morgan fingerprint density at radius 3 is 2.53 bits per heavy atom. The first-order valence-electron chi connectivity index (χ1n) is 11.1. The highest BCUT2D eigenvalue weighted by Crippen LogP contribution is 2.25. The van der Waals surface area contributed by atoms with Gasteiger partial charge in [0.05, 0.1) is 5.52 Å². The Kier molecular flexibility index (Phi) is 5.89. The average Bonchev–Trinajstić information content (AvgIpc) is 2.85. The predicted molar refractivity (Wildman–Crippen MR) is 129 cm³/mol. The number of fused-ring (bicyclic) bond motifs is 1. The van der Waals surface area contributed by atoms with Gasteiger partial charge in [-0.25, -0.2) is 15.0 Å². The van der Waals surface area contributed by atoms with Crippen molar-refractivity contribution in [3.05, 3.63) is 73.2 Å². The number of benzene rings is 1. The first kappa shape index (κ1) is 20.3. The first-order chi connectivity index (χ1) is 15.8. The second kappa shape index (κ2) is 9.28. The van der Waals surface area contributed by atoms with Gasteiger partial charge in [0.1, 0.15) is 11.6 Å². The summed E-state index contributed by atoms with van der Waals surface area (Å²) in [5, 5.41) is 4.68. The third kappa shape index (κ3) is 4.53. The average molecular weight is 426 g/mol. The fourth-order valence-electron chi connectivity index (χ4n) is 4.18. The first-order valence-corrected chi connectivity index (χ1v) is 11.1. The Labute approximate surface area is 188 Å². The molecule has 3 aromatic heterocycles. The number of aromatic nitrogens is 4. The molecule has 0 saturated carbocycles. The van der Waals surface area contributed by atoms with E-state index in [2.05, 4.69) is 44.1 Å². The number of nitrogens with one attached hydrogen (secondary N) is 1. The molecular formula is C25H27N7. The van der Waals surface area contributed by atoms with E-state index in [4.69, 9.17) is 9.97 Å². The van der Waals surface area contributed by atoms with E-state index in [1.54, 1.807) is 12.4 Å². The fraction of sp³-hybridized carbons (Fsp3) is 0.280. The van der Waals surface area contributed by atoms with E-state index < -0.39 is 0 Å². The van der Waals surface area contributed by atoms with Gasteiger partial charge in [-0.3, -0.25) is 9.88 Å². The van der Waals surface area contributed by atoms with Gasteiger partial charge in [-0.15, -0.1) is 0 Å². The van der Waals surface area contributed by atoms with E-state index in [0.717, 1.165) is 60.8 Å². The van der Waals surface area contributed by atoms with Crippen LogP contribution in [0, 0.1) is 0 Å². The molecule has 1 aliphatic rings. The molecule has 1 N–H and O–H groups in total. The topological polar surface area (TPSA) is 70.1 Å². The lowest BCUT2D eigenvalue weighted by atomic mass is 10.2. The van der Waals surface area contributed by atoms with Crippen molar-refractivity contribution in [2.24, 2.45) is 0 Å². The predicted octanol–water partition coefficient (Wildman–Crippen LogP) is 3.71. The van der Waals surface area contributed by atoms with Crippen molar-refractivity contribution in [2.45, 2.75) is 13.0 Å². The Morgan fingerprint density at radius 2 is 1.75 bits per heavy atom. The van der Waals surface area contributed by atoms with E-state index in [1.165, 1.54) is 0 Å². The molecule has 1 saturated heterocycles. The van der Waals surface area contributed by atoms with Crippen LogP contribution >= 0.6 is 0 Å². The number of hydrogen-bond acceptors (Lipinski definition) is 7. The van der Waals surface area contributed by atoms with Gasteiger partial charge in [-0.05, 0) is 43.3 Å². The van der Waals surface area contributed by atoms with Crippen LogP contribution in [0.2, 0.25) is 0 Å². The zero-order valence-corrected chi connectivity index (χ0v) is 18.2. The zero-order chi connectivity index (χ0) is 21.8. The Hall–Kier alpha value is -3.58. The SMILES string of the molecule is CC(CN1CCN(c2ccccn2)CC1)Nc1nc(-c2cccnc2)nc2ccccc12. The zero-order valence-electron chi connectivity index (χ0n) is 18.2. The number of pyridine rings is 2. The minimum atomic E-state index is 0.247. The highest BCUT2D eigenvalue weighted by Gasteiger charge is 2.20. The molecule has 0 bridgehead atoms. The second-order valence-corrected chi connectivity index (χ2v) is 8.18. The van der Waals surface area contributed by atoms with Crippen molar-refractivity contribution in [1.82, 2.24) is 24.8 Å².